The van der Waals surface area contributed by atoms with E-state index in [0.29, 0.717) is 5.69 Å². The minimum absolute atomic E-state index is 0.597. The average molecular weight is 119 g/mol. The largest absolute Gasteiger partial charge is 0.305 e. The molecule has 3 nitrogen and oxygen atoms in total. The van der Waals surface area contributed by atoms with E-state index >= 15 is 0 Å². The lowest BCUT2D eigenvalue weighted by Crippen LogP contribution is -1.71. The zero-order valence-electron chi connectivity index (χ0n) is 4.70. The van der Waals surface area contributed by atoms with E-state index in [2.05, 4.69) is 22.5 Å². The monoisotopic (exact) mass is 119 g/mol. The summed E-state index contributed by atoms with van der Waals surface area (Å²) in [6.07, 6.45) is 0. The minimum atomic E-state index is 0.597. The highest BCUT2D eigenvalue weighted by Gasteiger charge is 1.78. The van der Waals surface area contributed by atoms with Crippen LogP contribution in [-0.4, -0.2) is 0 Å². The molecule has 1 aromatic rings. The van der Waals surface area contributed by atoms with Gasteiger partial charge in [0.05, 0.1) is 0 Å². The van der Waals surface area contributed by atoms with E-state index in [1.807, 2.05) is 0 Å². The highest BCUT2D eigenvalue weighted by atomic mass is 15.3. The second-order valence-electron chi connectivity index (χ2n) is 1.40. The second kappa shape index (κ2) is 2.68. The Morgan fingerprint density at radius 2 is 2.44 bits per heavy atom. The molecule has 0 bridgehead atoms. The van der Waals surface area contributed by atoms with Crippen LogP contribution in [0.15, 0.2) is 28.5 Å². The fraction of sp³-hybridized carbons (Fsp3) is 0. The Morgan fingerprint density at radius 1 is 1.56 bits per heavy atom. The summed E-state index contributed by atoms with van der Waals surface area (Å²) in [7, 11) is 0. The van der Waals surface area contributed by atoms with Gasteiger partial charge in [-0.3, -0.25) is 0 Å². The summed E-state index contributed by atoms with van der Waals surface area (Å²) in [5.41, 5.74) is 0.597. The molecule has 2 N–H and O–H groups in total. The molecule has 0 aromatic heterocycles. The van der Waals surface area contributed by atoms with Crippen molar-refractivity contribution >= 4 is 5.69 Å². The van der Waals surface area contributed by atoms with Crippen LogP contribution in [0.5, 0.6) is 0 Å². The van der Waals surface area contributed by atoms with Gasteiger partial charge >= 0.3 is 0 Å². The SMILES string of the molecule is NN=Nc1c#cccc1. The van der Waals surface area contributed by atoms with Gasteiger partial charge in [0, 0.05) is 0 Å². The number of nitrogens with two attached hydrogens (primary N) is 1. The molecule has 0 radical (unpaired) electrons. The standard InChI is InChI=1S/C6H5N3/c7-9-8-6-4-2-1-3-5-6/h1-2,4H,(H2,7,8). The quantitative estimate of drug-likeness (QED) is 0.337. The van der Waals surface area contributed by atoms with Crippen LogP contribution in [0.1, 0.15) is 0 Å². The van der Waals surface area contributed by atoms with Crippen molar-refractivity contribution in [3.05, 3.63) is 30.3 Å². The first kappa shape index (κ1) is 5.57. The third-order valence-corrected chi connectivity index (χ3v) is 0.799. The van der Waals surface area contributed by atoms with Gasteiger partial charge in [0.15, 0.2) is 0 Å². The first-order chi connectivity index (χ1) is 4.43. The van der Waals surface area contributed by atoms with Crippen LogP contribution in [0.2, 0.25) is 0 Å². The molecule has 0 unspecified atom stereocenters. The van der Waals surface area contributed by atoms with Crippen molar-refractivity contribution in [3.63, 3.8) is 0 Å². The molecule has 9 heavy (non-hydrogen) atoms. The average Bonchev–Trinajstić information content (AvgIpc) is 1.91. The molecule has 0 atom stereocenters. The van der Waals surface area contributed by atoms with Gasteiger partial charge in [0.1, 0.15) is 5.69 Å². The van der Waals surface area contributed by atoms with Crippen LogP contribution >= 0.6 is 0 Å². The highest BCUT2D eigenvalue weighted by molar-refractivity contribution is 5.29. The second-order valence-corrected chi connectivity index (χ2v) is 1.40. The molecule has 44 valence electrons. The van der Waals surface area contributed by atoms with E-state index in [4.69, 9.17) is 5.84 Å². The molecule has 3 heteroatoms. The molecule has 0 aliphatic heterocycles. The zero-order chi connectivity index (χ0) is 6.53. The van der Waals surface area contributed by atoms with E-state index in [1.54, 1.807) is 18.2 Å². The fourth-order valence-corrected chi connectivity index (χ4v) is 0.465. The molecule has 0 fully saturated rings. The fourth-order valence-electron chi connectivity index (χ4n) is 0.465. The molecule has 0 saturated heterocycles. The van der Waals surface area contributed by atoms with Crippen LogP contribution in [0.25, 0.3) is 0 Å². The normalized spacial score (nSPS) is 9.33. The molecule has 0 amide bonds. The van der Waals surface area contributed by atoms with Gasteiger partial charge in [-0.15, -0.1) is 5.11 Å². The lowest BCUT2D eigenvalue weighted by atomic mass is 10.4. The van der Waals surface area contributed by atoms with E-state index in [9.17, 15) is 0 Å². The number of rotatable bonds is 1. The van der Waals surface area contributed by atoms with E-state index < -0.39 is 0 Å². The Balaban J connectivity index is 2.85. The van der Waals surface area contributed by atoms with Crippen molar-refractivity contribution in [3.8, 4) is 0 Å². The van der Waals surface area contributed by atoms with Crippen LogP contribution in [0, 0.1) is 12.1 Å². The Bertz CT molecular complexity index is 193. The maximum atomic E-state index is 4.78. The topological polar surface area (TPSA) is 50.7 Å². The summed E-state index contributed by atoms with van der Waals surface area (Å²) in [6, 6.07) is 10.7. The number of hydrogen-bond acceptors (Lipinski definition) is 2. The van der Waals surface area contributed by atoms with Gasteiger partial charge in [-0.1, -0.05) is 17.4 Å². The van der Waals surface area contributed by atoms with Crippen molar-refractivity contribution < 1.29 is 0 Å². The molecule has 0 aliphatic rings. The van der Waals surface area contributed by atoms with Gasteiger partial charge in [-0.05, 0) is 18.2 Å². The third kappa shape index (κ3) is 1.42. The van der Waals surface area contributed by atoms with Crippen molar-refractivity contribution in [1.29, 1.82) is 0 Å². The lowest BCUT2D eigenvalue weighted by Gasteiger charge is -1.79. The molecule has 1 rings (SSSR count). The predicted molar refractivity (Wildman–Crippen MR) is 32.8 cm³/mol. The Kier molecular flexibility index (Phi) is 1.66. The van der Waals surface area contributed by atoms with Gasteiger partial charge in [-0.25, -0.2) is 0 Å². The number of hydrogen-bond donors (Lipinski definition) is 1. The molecular formula is C6H5N3. The van der Waals surface area contributed by atoms with Gasteiger partial charge in [0.2, 0.25) is 0 Å². The van der Waals surface area contributed by atoms with E-state index in [-0.39, 0.29) is 0 Å². The summed E-state index contributed by atoms with van der Waals surface area (Å²) in [5.74, 6) is 4.78. The molecular weight excluding hydrogens is 114 g/mol. The maximum absolute atomic E-state index is 4.78. The third-order valence-electron chi connectivity index (χ3n) is 0.799. The van der Waals surface area contributed by atoms with E-state index in [0.717, 1.165) is 0 Å². The van der Waals surface area contributed by atoms with Crippen molar-refractivity contribution in [2.75, 3.05) is 0 Å². The summed E-state index contributed by atoms with van der Waals surface area (Å²) < 4.78 is 0. The van der Waals surface area contributed by atoms with Gasteiger partial charge in [0.25, 0.3) is 0 Å². The Morgan fingerprint density at radius 3 is 3.00 bits per heavy atom. The summed E-state index contributed by atoms with van der Waals surface area (Å²) in [6.45, 7) is 0. The number of nitrogens with zero attached hydrogens (tertiary/aromatic N) is 2. The zero-order valence-corrected chi connectivity index (χ0v) is 4.70. The molecule has 1 aromatic carbocycles. The van der Waals surface area contributed by atoms with Crippen molar-refractivity contribution in [2.24, 2.45) is 16.2 Å². The first-order valence-corrected chi connectivity index (χ1v) is 2.43. The van der Waals surface area contributed by atoms with Gasteiger partial charge in [-0.2, -0.15) is 0 Å². The predicted octanol–water partition coefficient (Wildman–Crippen LogP) is 1.24. The summed E-state index contributed by atoms with van der Waals surface area (Å²) in [4.78, 5) is 0. The summed E-state index contributed by atoms with van der Waals surface area (Å²) >= 11 is 0. The Hall–Kier alpha value is -1.56. The van der Waals surface area contributed by atoms with Crippen molar-refractivity contribution in [1.82, 2.24) is 0 Å². The van der Waals surface area contributed by atoms with Crippen molar-refractivity contribution in [2.45, 2.75) is 0 Å². The van der Waals surface area contributed by atoms with Crippen LogP contribution in [0.4, 0.5) is 5.69 Å². The molecule has 0 heterocycles. The maximum Gasteiger partial charge on any atom is 0.137 e. The Labute approximate surface area is 53.2 Å². The van der Waals surface area contributed by atoms with Crippen LogP contribution < -0.4 is 5.84 Å². The summed E-state index contributed by atoms with van der Waals surface area (Å²) in [5, 5.41) is 6.60. The molecule has 0 spiro atoms. The molecule has 0 saturated carbocycles. The lowest BCUT2D eigenvalue weighted by molar-refractivity contribution is 1.06. The highest BCUT2D eigenvalue weighted by Crippen LogP contribution is 2.03. The van der Waals surface area contributed by atoms with Crippen LogP contribution in [0.3, 0.4) is 0 Å². The van der Waals surface area contributed by atoms with Crippen LogP contribution in [-0.2, 0) is 0 Å². The van der Waals surface area contributed by atoms with Gasteiger partial charge < -0.3 is 5.84 Å². The first-order valence-electron chi connectivity index (χ1n) is 2.43. The smallest absolute Gasteiger partial charge is 0.137 e. The minimum Gasteiger partial charge on any atom is -0.305 e. The molecule has 0 aliphatic carbocycles. The van der Waals surface area contributed by atoms with E-state index in [1.165, 1.54) is 0 Å².